The first-order chi connectivity index (χ1) is 15.8. The Balaban J connectivity index is 1.45. The fourth-order valence-electron chi connectivity index (χ4n) is 2.57. The topological polar surface area (TPSA) is 82.0 Å². The van der Waals surface area contributed by atoms with Gasteiger partial charge in [-0.05, 0) is 42.3 Å². The van der Waals surface area contributed by atoms with Gasteiger partial charge in [0.15, 0.2) is 0 Å². The maximum Gasteiger partial charge on any atom is 0.573 e. The lowest BCUT2D eigenvalue weighted by Gasteiger charge is -2.10. The molecule has 11 heteroatoms. The third-order valence-electron chi connectivity index (χ3n) is 4.00. The van der Waals surface area contributed by atoms with Crippen molar-refractivity contribution >= 4 is 28.7 Å². The standard InChI is InChI=1S/C22H20F3N3O4S/c1-2-30-20(29)11-17-14-33-21(27-17)28-26-12-15-3-5-16(6-4-15)13-31-18-7-9-19(10-8-18)32-22(23,24)25/h3-10,12,14H,2,11,13H2,1H3,(H,27,28). The summed E-state index contributed by atoms with van der Waals surface area (Å²) in [5.41, 5.74) is 5.14. The van der Waals surface area contributed by atoms with Crippen LogP contribution in [0.1, 0.15) is 23.7 Å². The summed E-state index contributed by atoms with van der Waals surface area (Å²) >= 11 is 1.33. The normalized spacial score (nSPS) is 11.4. The number of rotatable bonds is 10. The zero-order valence-corrected chi connectivity index (χ0v) is 18.3. The van der Waals surface area contributed by atoms with E-state index >= 15 is 0 Å². The molecule has 0 saturated carbocycles. The smallest absolute Gasteiger partial charge is 0.489 e. The van der Waals surface area contributed by atoms with Gasteiger partial charge in [0.1, 0.15) is 18.1 Å². The molecule has 0 spiro atoms. The van der Waals surface area contributed by atoms with E-state index in [0.29, 0.717) is 23.2 Å². The van der Waals surface area contributed by atoms with Gasteiger partial charge in [-0.15, -0.1) is 24.5 Å². The van der Waals surface area contributed by atoms with E-state index in [9.17, 15) is 18.0 Å². The van der Waals surface area contributed by atoms with Crippen molar-refractivity contribution in [2.24, 2.45) is 5.10 Å². The van der Waals surface area contributed by atoms with Gasteiger partial charge in [0.05, 0.1) is 24.9 Å². The summed E-state index contributed by atoms with van der Waals surface area (Å²) in [5.74, 6) is -0.209. The maximum absolute atomic E-state index is 12.2. The molecular formula is C22H20F3N3O4S. The molecular weight excluding hydrogens is 459 g/mol. The number of esters is 1. The number of ether oxygens (including phenoxy) is 3. The number of hydrogen-bond donors (Lipinski definition) is 1. The second kappa shape index (κ2) is 11.3. The molecule has 1 aromatic heterocycles. The van der Waals surface area contributed by atoms with Crippen LogP contribution in [0.5, 0.6) is 11.5 Å². The Labute approximate surface area is 191 Å². The number of hydrogen-bond acceptors (Lipinski definition) is 8. The summed E-state index contributed by atoms with van der Waals surface area (Å²) in [4.78, 5) is 15.7. The number of halogens is 3. The number of thiazole rings is 1. The number of alkyl halides is 3. The molecule has 0 saturated heterocycles. The van der Waals surface area contributed by atoms with E-state index in [1.54, 1.807) is 18.5 Å². The first-order valence-corrected chi connectivity index (χ1v) is 10.7. The molecule has 0 atom stereocenters. The second-order valence-corrected chi connectivity index (χ2v) is 7.40. The first-order valence-electron chi connectivity index (χ1n) is 9.77. The Morgan fingerprint density at radius 1 is 1.12 bits per heavy atom. The highest BCUT2D eigenvalue weighted by atomic mass is 32.1. The molecule has 0 aliphatic heterocycles. The van der Waals surface area contributed by atoms with E-state index in [2.05, 4.69) is 20.2 Å². The molecule has 0 fully saturated rings. The lowest BCUT2D eigenvalue weighted by molar-refractivity contribution is -0.274. The van der Waals surface area contributed by atoms with E-state index in [4.69, 9.17) is 9.47 Å². The summed E-state index contributed by atoms with van der Waals surface area (Å²) in [7, 11) is 0. The van der Waals surface area contributed by atoms with Crippen molar-refractivity contribution in [3.05, 3.63) is 70.7 Å². The summed E-state index contributed by atoms with van der Waals surface area (Å²) in [6.45, 7) is 2.33. The van der Waals surface area contributed by atoms with Gasteiger partial charge in [-0.1, -0.05) is 24.3 Å². The summed E-state index contributed by atoms with van der Waals surface area (Å²) in [6, 6.07) is 12.6. The largest absolute Gasteiger partial charge is 0.573 e. The van der Waals surface area contributed by atoms with Crippen molar-refractivity contribution in [1.29, 1.82) is 0 Å². The Hall–Kier alpha value is -3.60. The highest BCUT2D eigenvalue weighted by molar-refractivity contribution is 7.13. The number of aromatic nitrogens is 1. The van der Waals surface area contributed by atoms with Crippen LogP contribution in [0.3, 0.4) is 0 Å². The van der Waals surface area contributed by atoms with Gasteiger partial charge in [0, 0.05) is 5.38 Å². The Bertz CT molecular complexity index is 1070. The summed E-state index contributed by atoms with van der Waals surface area (Å²) in [6.07, 6.45) is -2.99. The van der Waals surface area contributed by atoms with Crippen LogP contribution in [0.4, 0.5) is 18.3 Å². The third-order valence-corrected chi connectivity index (χ3v) is 4.79. The molecule has 1 N–H and O–H groups in total. The van der Waals surface area contributed by atoms with Crippen LogP contribution in [-0.4, -0.2) is 30.1 Å². The Morgan fingerprint density at radius 3 is 2.48 bits per heavy atom. The number of hydrazone groups is 1. The molecule has 0 aliphatic rings. The van der Waals surface area contributed by atoms with Gasteiger partial charge in [-0.3, -0.25) is 10.2 Å². The second-order valence-electron chi connectivity index (χ2n) is 6.55. The van der Waals surface area contributed by atoms with Gasteiger partial charge >= 0.3 is 12.3 Å². The molecule has 7 nitrogen and oxygen atoms in total. The van der Waals surface area contributed by atoms with Crippen LogP contribution in [0.2, 0.25) is 0 Å². The van der Waals surface area contributed by atoms with Crippen LogP contribution in [0.25, 0.3) is 0 Å². The van der Waals surface area contributed by atoms with Crippen LogP contribution in [-0.2, 0) is 22.6 Å². The minimum atomic E-state index is -4.73. The summed E-state index contributed by atoms with van der Waals surface area (Å²) < 4.78 is 50.9. The number of carbonyl (C=O) groups excluding carboxylic acids is 1. The van der Waals surface area contributed by atoms with Crippen molar-refractivity contribution in [2.45, 2.75) is 26.3 Å². The quantitative estimate of drug-likeness (QED) is 0.245. The third kappa shape index (κ3) is 8.45. The van der Waals surface area contributed by atoms with Crippen LogP contribution in [0, 0.1) is 0 Å². The molecule has 33 heavy (non-hydrogen) atoms. The highest BCUT2D eigenvalue weighted by Gasteiger charge is 2.30. The molecule has 0 radical (unpaired) electrons. The van der Waals surface area contributed by atoms with E-state index in [1.807, 2.05) is 24.3 Å². The van der Waals surface area contributed by atoms with Crippen molar-refractivity contribution in [2.75, 3.05) is 12.0 Å². The molecule has 2 aromatic carbocycles. The number of nitrogens with one attached hydrogen (secondary N) is 1. The van der Waals surface area contributed by atoms with Gasteiger partial charge in [0.25, 0.3) is 0 Å². The minimum Gasteiger partial charge on any atom is -0.489 e. The van der Waals surface area contributed by atoms with Gasteiger partial charge in [-0.2, -0.15) is 5.10 Å². The lowest BCUT2D eigenvalue weighted by atomic mass is 10.1. The van der Waals surface area contributed by atoms with Crippen molar-refractivity contribution in [3.63, 3.8) is 0 Å². The Kier molecular flexibility index (Phi) is 8.25. The first kappa shape index (κ1) is 24.1. The number of benzene rings is 2. The predicted molar refractivity (Wildman–Crippen MR) is 118 cm³/mol. The van der Waals surface area contributed by atoms with Gasteiger partial charge in [-0.25, -0.2) is 4.98 Å². The fraction of sp³-hybridized carbons (Fsp3) is 0.227. The van der Waals surface area contributed by atoms with Crippen molar-refractivity contribution < 1.29 is 32.2 Å². The molecule has 174 valence electrons. The van der Waals surface area contributed by atoms with E-state index in [-0.39, 0.29) is 24.7 Å². The molecule has 0 aliphatic carbocycles. The fourth-order valence-corrected chi connectivity index (χ4v) is 3.22. The molecule has 0 bridgehead atoms. The SMILES string of the molecule is CCOC(=O)Cc1csc(NN=Cc2ccc(COc3ccc(OC(F)(F)F)cc3)cc2)n1. The predicted octanol–water partition coefficient (Wildman–Crippen LogP) is 5.17. The maximum atomic E-state index is 12.2. The average molecular weight is 479 g/mol. The number of anilines is 1. The van der Waals surface area contributed by atoms with Gasteiger partial charge in [0.2, 0.25) is 5.13 Å². The lowest BCUT2D eigenvalue weighted by Crippen LogP contribution is -2.16. The zero-order valence-electron chi connectivity index (χ0n) is 17.5. The number of nitrogens with zero attached hydrogens (tertiary/aromatic N) is 2. The zero-order chi connectivity index (χ0) is 23.7. The van der Waals surface area contributed by atoms with Crippen LogP contribution >= 0.6 is 11.3 Å². The van der Waals surface area contributed by atoms with Crippen molar-refractivity contribution in [3.8, 4) is 11.5 Å². The highest BCUT2D eigenvalue weighted by Crippen LogP contribution is 2.25. The van der Waals surface area contributed by atoms with E-state index in [0.717, 1.165) is 11.1 Å². The Morgan fingerprint density at radius 2 is 1.82 bits per heavy atom. The van der Waals surface area contributed by atoms with Crippen LogP contribution < -0.4 is 14.9 Å². The molecule has 0 amide bonds. The van der Waals surface area contributed by atoms with Gasteiger partial charge < -0.3 is 14.2 Å². The molecule has 3 rings (SSSR count). The van der Waals surface area contributed by atoms with Crippen LogP contribution in [0.15, 0.2) is 59.0 Å². The molecule has 0 unspecified atom stereocenters. The van der Waals surface area contributed by atoms with E-state index in [1.165, 1.54) is 35.6 Å². The molecule has 3 aromatic rings. The summed E-state index contributed by atoms with van der Waals surface area (Å²) in [5, 5.41) is 6.45. The average Bonchev–Trinajstić information content (AvgIpc) is 3.20. The monoisotopic (exact) mass is 479 g/mol. The minimum absolute atomic E-state index is 0.116. The van der Waals surface area contributed by atoms with Crippen molar-refractivity contribution in [1.82, 2.24) is 4.98 Å². The number of carbonyl (C=O) groups is 1. The van der Waals surface area contributed by atoms with E-state index < -0.39 is 6.36 Å². The molecule has 1 heterocycles.